The number of primary amides is 1. The lowest BCUT2D eigenvalue weighted by Crippen LogP contribution is -2.54. The van der Waals surface area contributed by atoms with Gasteiger partial charge in [0.15, 0.2) is 0 Å². The number of halogens is 2. The van der Waals surface area contributed by atoms with Crippen molar-refractivity contribution in [2.45, 2.75) is 37.6 Å². The molecule has 0 bridgehead atoms. The molecule has 28 heavy (non-hydrogen) atoms. The summed E-state index contributed by atoms with van der Waals surface area (Å²) in [5.41, 5.74) is 10.1. The molecule has 150 valence electrons. The molecule has 2 aliphatic rings. The Morgan fingerprint density at radius 3 is 2.86 bits per heavy atom. The Labute approximate surface area is 159 Å². The Kier molecular flexibility index (Phi) is 4.66. The second-order valence-electron chi connectivity index (χ2n) is 7.52. The predicted octanol–water partition coefficient (Wildman–Crippen LogP) is 1.61. The van der Waals surface area contributed by atoms with E-state index in [1.807, 2.05) is 5.01 Å². The fourth-order valence-corrected chi connectivity index (χ4v) is 3.85. The molecule has 1 saturated heterocycles. The van der Waals surface area contributed by atoms with Crippen molar-refractivity contribution in [2.24, 2.45) is 11.7 Å². The number of fused-ring (bicyclic) bond motifs is 1. The molecule has 1 saturated carbocycles. The average Bonchev–Trinajstić information content (AvgIpc) is 3.09. The maximum atomic E-state index is 13.0. The van der Waals surface area contributed by atoms with Gasteiger partial charge < -0.3 is 21.5 Å². The molecule has 2 fully saturated rings. The van der Waals surface area contributed by atoms with Crippen molar-refractivity contribution in [3.63, 3.8) is 0 Å². The molecule has 0 aromatic carbocycles. The summed E-state index contributed by atoms with van der Waals surface area (Å²) in [5, 5.41) is 5.30. The number of anilines is 1. The lowest BCUT2D eigenvalue weighted by atomic mass is 9.87. The number of aromatic nitrogens is 2. The van der Waals surface area contributed by atoms with Crippen LogP contribution in [0, 0.1) is 5.92 Å². The van der Waals surface area contributed by atoms with Crippen molar-refractivity contribution < 1.29 is 18.4 Å². The minimum Gasteiger partial charge on any atom is -0.365 e. The molecule has 1 aliphatic heterocycles. The van der Waals surface area contributed by atoms with Crippen LogP contribution < -0.4 is 16.5 Å². The van der Waals surface area contributed by atoms with E-state index in [-0.39, 0.29) is 30.2 Å². The zero-order valence-corrected chi connectivity index (χ0v) is 15.2. The largest absolute Gasteiger partial charge is 0.365 e. The number of hydrogen-bond acceptors (Lipinski definition) is 5. The highest BCUT2D eigenvalue weighted by Gasteiger charge is 2.46. The Morgan fingerprint density at radius 2 is 2.14 bits per heavy atom. The number of carbonyl (C=O) groups excluding carboxylic acids is 2. The number of aromatic amines is 1. The fourth-order valence-electron chi connectivity index (χ4n) is 3.85. The first-order valence-electron chi connectivity index (χ1n) is 9.28. The van der Waals surface area contributed by atoms with Crippen LogP contribution in [0.4, 0.5) is 14.5 Å². The van der Waals surface area contributed by atoms with Gasteiger partial charge >= 0.3 is 0 Å². The van der Waals surface area contributed by atoms with E-state index in [1.165, 1.54) is 6.20 Å². The van der Waals surface area contributed by atoms with Crippen LogP contribution in [0.2, 0.25) is 0 Å². The molecule has 1 atom stereocenters. The van der Waals surface area contributed by atoms with Crippen LogP contribution in [0.3, 0.4) is 0 Å². The molecule has 10 heteroatoms. The van der Waals surface area contributed by atoms with Gasteiger partial charge in [-0.05, 0) is 18.9 Å². The Morgan fingerprint density at radius 1 is 1.36 bits per heavy atom. The zero-order chi connectivity index (χ0) is 19.9. The number of pyridine rings is 1. The number of nitrogens with two attached hydrogens (primary N) is 1. The number of amides is 2. The minimum absolute atomic E-state index is 0.205. The number of piperidine rings is 1. The lowest BCUT2D eigenvalue weighted by Gasteiger charge is -2.38. The van der Waals surface area contributed by atoms with Gasteiger partial charge in [0.2, 0.25) is 5.91 Å². The summed E-state index contributed by atoms with van der Waals surface area (Å²) in [7, 11) is 0. The van der Waals surface area contributed by atoms with E-state index < -0.39 is 17.9 Å². The number of hydrazine groups is 1. The summed E-state index contributed by atoms with van der Waals surface area (Å²) in [6.45, 7) is 1.08. The summed E-state index contributed by atoms with van der Waals surface area (Å²) < 4.78 is 25.9. The summed E-state index contributed by atoms with van der Waals surface area (Å²) in [6.07, 6.45) is 3.99. The molecule has 8 nitrogen and oxygen atoms in total. The quantitative estimate of drug-likeness (QED) is 0.617. The van der Waals surface area contributed by atoms with Gasteiger partial charge in [-0.1, -0.05) is 0 Å². The van der Waals surface area contributed by atoms with E-state index in [2.05, 4.69) is 20.7 Å². The monoisotopic (exact) mass is 392 g/mol. The second kappa shape index (κ2) is 7.01. The number of nitrogens with one attached hydrogen (secondary N) is 3. The lowest BCUT2D eigenvalue weighted by molar-refractivity contribution is -0.134. The van der Waals surface area contributed by atoms with E-state index in [9.17, 15) is 18.4 Å². The first-order chi connectivity index (χ1) is 13.3. The van der Waals surface area contributed by atoms with Crippen molar-refractivity contribution in [1.29, 1.82) is 0 Å². The first-order valence-corrected chi connectivity index (χ1v) is 9.28. The van der Waals surface area contributed by atoms with Gasteiger partial charge in [0.05, 0.1) is 17.2 Å². The molecule has 2 aromatic heterocycles. The zero-order valence-electron chi connectivity index (χ0n) is 15.2. The number of alkyl halides is 2. The highest BCUT2D eigenvalue weighted by Crippen LogP contribution is 2.37. The molecule has 0 radical (unpaired) electrons. The third kappa shape index (κ3) is 3.64. The van der Waals surface area contributed by atoms with Crippen LogP contribution in [0.1, 0.15) is 36.0 Å². The van der Waals surface area contributed by atoms with Crippen LogP contribution in [-0.4, -0.2) is 51.8 Å². The molecular formula is C18H22F2N6O2. The summed E-state index contributed by atoms with van der Waals surface area (Å²) in [4.78, 5) is 31.4. The van der Waals surface area contributed by atoms with Gasteiger partial charge in [-0.3, -0.25) is 9.59 Å². The van der Waals surface area contributed by atoms with Crippen LogP contribution in [-0.2, 0) is 4.79 Å². The minimum atomic E-state index is -2.66. The number of nitrogens with zero attached hydrogens (tertiary/aromatic N) is 2. The maximum Gasteiger partial charge on any atom is 0.252 e. The first kappa shape index (κ1) is 18.6. The van der Waals surface area contributed by atoms with Crippen LogP contribution >= 0.6 is 0 Å². The molecule has 0 unspecified atom stereocenters. The highest BCUT2D eigenvalue weighted by molar-refractivity contribution is 6.05. The highest BCUT2D eigenvalue weighted by atomic mass is 19.3. The van der Waals surface area contributed by atoms with Gasteiger partial charge in [-0.2, -0.15) is 0 Å². The Balaban J connectivity index is 1.45. The average molecular weight is 392 g/mol. The van der Waals surface area contributed by atoms with Crippen molar-refractivity contribution >= 4 is 28.5 Å². The second-order valence-corrected chi connectivity index (χ2v) is 7.52. The summed E-state index contributed by atoms with van der Waals surface area (Å²) in [6, 6.07) is 1.34. The molecule has 2 amide bonds. The normalized spacial score (nSPS) is 22.6. The molecule has 0 spiro atoms. The molecule has 5 N–H and O–H groups in total. The number of carbonyl (C=O) groups is 2. The number of rotatable bonds is 5. The van der Waals surface area contributed by atoms with Crippen molar-refractivity contribution in [2.75, 3.05) is 18.5 Å². The third-order valence-electron chi connectivity index (χ3n) is 5.35. The molecular weight excluding hydrogens is 370 g/mol. The van der Waals surface area contributed by atoms with Gasteiger partial charge in [-0.25, -0.2) is 18.8 Å². The molecule has 4 rings (SSSR count). The van der Waals surface area contributed by atoms with E-state index in [4.69, 9.17) is 5.73 Å². The third-order valence-corrected chi connectivity index (χ3v) is 5.35. The standard InChI is InChI=1S/C18H22F2N6O2/c19-18(20)6-11(7-18)24-17(28)10-2-1-5-26(9-10)25-14-12-3-4-22-16(12)23-8-13(14)15(21)27/h3-4,8,10-11H,1-2,5-7,9H2,(H2,21,27)(H,24,28)(H2,22,23,25)/t10-/m0/s1. The SMILES string of the molecule is NC(=O)c1cnc2[nH]ccc2c1NN1CCC[C@H](C(=O)NC2CC(F)(F)C2)C1. The molecule has 2 aromatic rings. The van der Waals surface area contributed by atoms with Crippen LogP contribution in [0.15, 0.2) is 18.5 Å². The van der Waals surface area contributed by atoms with Gasteiger partial charge in [0, 0.05) is 49.8 Å². The van der Waals surface area contributed by atoms with E-state index in [1.54, 1.807) is 12.3 Å². The van der Waals surface area contributed by atoms with E-state index >= 15 is 0 Å². The number of H-pyrrole nitrogens is 1. The van der Waals surface area contributed by atoms with E-state index in [0.717, 1.165) is 11.8 Å². The number of hydrogen-bond donors (Lipinski definition) is 4. The van der Waals surface area contributed by atoms with Crippen molar-refractivity contribution in [1.82, 2.24) is 20.3 Å². The topological polar surface area (TPSA) is 116 Å². The molecule has 3 heterocycles. The van der Waals surface area contributed by atoms with Gasteiger partial charge in [0.25, 0.3) is 11.8 Å². The van der Waals surface area contributed by atoms with Crippen molar-refractivity contribution in [3.05, 3.63) is 24.0 Å². The fraction of sp³-hybridized carbons (Fsp3) is 0.500. The van der Waals surface area contributed by atoms with Crippen LogP contribution in [0.5, 0.6) is 0 Å². The summed E-state index contributed by atoms with van der Waals surface area (Å²) >= 11 is 0. The van der Waals surface area contributed by atoms with E-state index in [0.29, 0.717) is 30.8 Å². The van der Waals surface area contributed by atoms with Crippen molar-refractivity contribution in [3.8, 4) is 0 Å². The predicted molar refractivity (Wildman–Crippen MR) is 98.6 cm³/mol. The van der Waals surface area contributed by atoms with Crippen LogP contribution in [0.25, 0.3) is 11.0 Å². The van der Waals surface area contributed by atoms with Gasteiger partial charge in [-0.15, -0.1) is 0 Å². The Bertz CT molecular complexity index is 907. The molecule has 1 aliphatic carbocycles. The maximum absolute atomic E-state index is 13.0. The van der Waals surface area contributed by atoms with Gasteiger partial charge in [0.1, 0.15) is 5.65 Å². The summed E-state index contributed by atoms with van der Waals surface area (Å²) in [5.74, 6) is -3.78. The smallest absolute Gasteiger partial charge is 0.252 e. The Hall–Kier alpha value is -2.75.